The van der Waals surface area contributed by atoms with Gasteiger partial charge in [-0.05, 0) is 37.1 Å². The van der Waals surface area contributed by atoms with E-state index in [-0.39, 0.29) is 5.91 Å². The number of para-hydroxylation sites is 1. The van der Waals surface area contributed by atoms with Gasteiger partial charge < -0.3 is 20.0 Å². The van der Waals surface area contributed by atoms with Gasteiger partial charge in [-0.2, -0.15) is 0 Å². The second-order valence-electron chi connectivity index (χ2n) is 7.52. The molecule has 0 aliphatic carbocycles. The number of carbonyl (C=O) groups excluding carboxylic acids is 1. The number of hydrogen-bond donors (Lipinski definition) is 2. The van der Waals surface area contributed by atoms with E-state index in [1.54, 1.807) is 12.4 Å². The first-order chi connectivity index (χ1) is 15.5. The summed E-state index contributed by atoms with van der Waals surface area (Å²) in [7, 11) is 0. The molecule has 2 aromatic rings. The average molecular weight is 441 g/mol. The molecule has 2 aliphatic rings. The van der Waals surface area contributed by atoms with Crippen LogP contribution in [0.1, 0.15) is 18.4 Å². The Balaban J connectivity index is 0.000000427. The van der Waals surface area contributed by atoms with E-state index in [0.717, 1.165) is 63.7 Å². The highest BCUT2D eigenvalue weighted by molar-refractivity contribution is 6.27. The number of carboxylic acids is 2. The zero-order valence-electron chi connectivity index (χ0n) is 17.8. The number of nitrogens with zero attached hydrogens (tertiary/aromatic N) is 5. The average Bonchev–Trinajstić information content (AvgIpc) is 2.82. The van der Waals surface area contributed by atoms with E-state index in [0.29, 0.717) is 6.42 Å². The molecule has 2 N–H and O–H groups in total. The summed E-state index contributed by atoms with van der Waals surface area (Å²) in [5.41, 5.74) is 2.40. The molecule has 1 amide bonds. The Morgan fingerprint density at radius 1 is 0.875 bits per heavy atom. The van der Waals surface area contributed by atoms with Crippen LogP contribution in [-0.4, -0.2) is 82.2 Å². The molecule has 1 fully saturated rings. The summed E-state index contributed by atoms with van der Waals surface area (Å²) < 4.78 is 0. The maximum Gasteiger partial charge on any atom is 0.414 e. The third kappa shape index (κ3) is 6.24. The van der Waals surface area contributed by atoms with Gasteiger partial charge >= 0.3 is 11.9 Å². The largest absolute Gasteiger partial charge is 0.473 e. The van der Waals surface area contributed by atoms with E-state index in [2.05, 4.69) is 38.0 Å². The molecule has 170 valence electrons. The van der Waals surface area contributed by atoms with Crippen molar-refractivity contribution in [3.8, 4) is 0 Å². The van der Waals surface area contributed by atoms with Crippen molar-refractivity contribution in [1.82, 2.24) is 14.9 Å². The maximum absolute atomic E-state index is 12.3. The summed E-state index contributed by atoms with van der Waals surface area (Å²) in [5.74, 6) is -2.57. The molecule has 10 nitrogen and oxygen atoms in total. The number of anilines is 2. The molecule has 3 heterocycles. The number of piperazine rings is 1. The third-order valence-corrected chi connectivity index (χ3v) is 5.44. The lowest BCUT2D eigenvalue weighted by Gasteiger charge is -2.35. The summed E-state index contributed by atoms with van der Waals surface area (Å²) in [6.07, 6.45) is 6.09. The van der Waals surface area contributed by atoms with E-state index in [1.807, 2.05) is 17.0 Å². The van der Waals surface area contributed by atoms with Crippen molar-refractivity contribution < 1.29 is 24.6 Å². The summed E-state index contributed by atoms with van der Waals surface area (Å²) in [6, 6.07) is 10.1. The molecule has 0 atom stereocenters. The first-order valence-corrected chi connectivity index (χ1v) is 10.5. The minimum absolute atomic E-state index is 0.259. The Morgan fingerprint density at radius 2 is 1.53 bits per heavy atom. The topological polar surface area (TPSA) is 127 Å². The summed E-state index contributed by atoms with van der Waals surface area (Å²) in [5, 5.41) is 14.8. The first kappa shape index (κ1) is 23.1. The molecular weight excluding hydrogens is 414 g/mol. The molecule has 0 bridgehead atoms. The van der Waals surface area contributed by atoms with E-state index < -0.39 is 11.9 Å². The lowest BCUT2D eigenvalue weighted by molar-refractivity contribution is -0.159. The molecule has 0 saturated carbocycles. The fourth-order valence-electron chi connectivity index (χ4n) is 3.82. The quantitative estimate of drug-likeness (QED) is 0.656. The molecular formula is C22H27N5O5. The zero-order valence-corrected chi connectivity index (χ0v) is 17.8. The number of rotatable bonds is 5. The van der Waals surface area contributed by atoms with Gasteiger partial charge in [0.25, 0.3) is 0 Å². The predicted octanol–water partition coefficient (Wildman–Crippen LogP) is 1.12. The highest BCUT2D eigenvalue weighted by Crippen LogP contribution is 2.27. The van der Waals surface area contributed by atoms with Crippen LogP contribution in [0.25, 0.3) is 0 Å². The van der Waals surface area contributed by atoms with Crippen molar-refractivity contribution in [2.75, 3.05) is 49.1 Å². The lowest BCUT2D eigenvalue weighted by Crippen LogP contribution is -2.47. The smallest absolute Gasteiger partial charge is 0.414 e. The SMILES string of the molecule is O=C(O)C(=O)O.O=C1CCc2ccccc2N1CCCN1CCN(c2ncccn2)CC1. The number of carbonyl (C=O) groups is 3. The van der Waals surface area contributed by atoms with Gasteiger partial charge in [-0.1, -0.05) is 18.2 Å². The van der Waals surface area contributed by atoms with Crippen LogP contribution >= 0.6 is 0 Å². The van der Waals surface area contributed by atoms with Crippen LogP contribution in [-0.2, 0) is 20.8 Å². The standard InChI is InChI=1S/C20H25N5O.C2H2O4/c26-19-8-7-17-5-1-2-6-18(17)25(19)12-4-11-23-13-15-24(16-14-23)20-21-9-3-10-22-20;3-1(4)2(5)6/h1-3,5-6,9-10H,4,7-8,11-16H2;(H,3,4)(H,5,6). The number of fused-ring (bicyclic) bond motifs is 1. The van der Waals surface area contributed by atoms with Crippen LogP contribution in [0.15, 0.2) is 42.7 Å². The van der Waals surface area contributed by atoms with Gasteiger partial charge in [-0.3, -0.25) is 9.69 Å². The van der Waals surface area contributed by atoms with Gasteiger partial charge in [0.2, 0.25) is 11.9 Å². The number of aromatic nitrogens is 2. The van der Waals surface area contributed by atoms with Crippen molar-refractivity contribution in [1.29, 1.82) is 0 Å². The lowest BCUT2D eigenvalue weighted by atomic mass is 10.0. The minimum Gasteiger partial charge on any atom is -0.473 e. The van der Waals surface area contributed by atoms with E-state index in [9.17, 15) is 4.79 Å². The molecule has 0 radical (unpaired) electrons. The first-order valence-electron chi connectivity index (χ1n) is 10.5. The van der Waals surface area contributed by atoms with Gasteiger partial charge in [0.05, 0.1) is 0 Å². The highest BCUT2D eigenvalue weighted by atomic mass is 16.4. The maximum atomic E-state index is 12.3. The van der Waals surface area contributed by atoms with Crippen LogP contribution in [0.3, 0.4) is 0 Å². The molecule has 4 rings (SSSR count). The second kappa shape index (κ2) is 11.2. The number of benzene rings is 1. The van der Waals surface area contributed by atoms with Crippen molar-refractivity contribution in [3.63, 3.8) is 0 Å². The second-order valence-corrected chi connectivity index (χ2v) is 7.52. The molecule has 10 heteroatoms. The van der Waals surface area contributed by atoms with Crippen molar-refractivity contribution in [3.05, 3.63) is 48.3 Å². The molecule has 1 aromatic carbocycles. The van der Waals surface area contributed by atoms with Crippen molar-refractivity contribution in [2.24, 2.45) is 0 Å². The number of aliphatic carboxylic acids is 2. The Kier molecular flexibility index (Phi) is 8.09. The predicted molar refractivity (Wildman–Crippen MR) is 118 cm³/mol. The molecule has 0 unspecified atom stereocenters. The van der Waals surface area contributed by atoms with E-state index in [1.165, 1.54) is 5.56 Å². The van der Waals surface area contributed by atoms with Gasteiger partial charge in [0, 0.05) is 57.2 Å². The van der Waals surface area contributed by atoms with Crippen LogP contribution in [0.4, 0.5) is 11.6 Å². The van der Waals surface area contributed by atoms with Crippen LogP contribution in [0, 0.1) is 0 Å². The van der Waals surface area contributed by atoms with Crippen LogP contribution in [0.2, 0.25) is 0 Å². The van der Waals surface area contributed by atoms with Gasteiger partial charge in [0.15, 0.2) is 0 Å². The van der Waals surface area contributed by atoms with E-state index >= 15 is 0 Å². The van der Waals surface area contributed by atoms with E-state index in [4.69, 9.17) is 19.8 Å². The third-order valence-electron chi connectivity index (χ3n) is 5.44. The molecule has 1 saturated heterocycles. The van der Waals surface area contributed by atoms with Crippen molar-refractivity contribution in [2.45, 2.75) is 19.3 Å². The minimum atomic E-state index is -1.82. The Hall–Kier alpha value is -3.53. The van der Waals surface area contributed by atoms with Crippen molar-refractivity contribution >= 4 is 29.5 Å². The van der Waals surface area contributed by atoms with Crippen LogP contribution in [0.5, 0.6) is 0 Å². The number of hydrogen-bond acceptors (Lipinski definition) is 7. The van der Waals surface area contributed by atoms with Gasteiger partial charge in [0.1, 0.15) is 0 Å². The molecule has 2 aliphatic heterocycles. The fourth-order valence-corrected chi connectivity index (χ4v) is 3.82. The summed E-state index contributed by atoms with van der Waals surface area (Å²) in [6.45, 7) is 5.77. The Labute approximate surface area is 186 Å². The number of amides is 1. The number of aryl methyl sites for hydroxylation is 1. The van der Waals surface area contributed by atoms with Gasteiger partial charge in [-0.25, -0.2) is 19.6 Å². The Morgan fingerprint density at radius 3 is 2.19 bits per heavy atom. The number of carboxylic acid groups (broad SMARTS) is 2. The molecule has 1 aromatic heterocycles. The fraction of sp³-hybridized carbons (Fsp3) is 0.409. The highest BCUT2D eigenvalue weighted by Gasteiger charge is 2.24. The molecule has 32 heavy (non-hydrogen) atoms. The normalized spacial score (nSPS) is 16.1. The Bertz CT molecular complexity index is 919. The zero-order chi connectivity index (χ0) is 22.9. The summed E-state index contributed by atoms with van der Waals surface area (Å²) >= 11 is 0. The van der Waals surface area contributed by atoms with Crippen LogP contribution < -0.4 is 9.80 Å². The molecule has 0 spiro atoms. The van der Waals surface area contributed by atoms with Gasteiger partial charge in [-0.15, -0.1) is 0 Å². The monoisotopic (exact) mass is 441 g/mol. The summed E-state index contributed by atoms with van der Waals surface area (Å²) in [4.78, 5) is 45.9.